The fourth-order valence-corrected chi connectivity index (χ4v) is 5.22. The number of benzene rings is 1. The Hall–Kier alpha value is -2.78. The Labute approximate surface area is 167 Å². The van der Waals surface area contributed by atoms with Gasteiger partial charge in [0.05, 0.1) is 18.2 Å². The van der Waals surface area contributed by atoms with E-state index in [0.29, 0.717) is 12.2 Å². The van der Waals surface area contributed by atoms with E-state index < -0.39 is 11.9 Å². The molecule has 6 atom stereocenters. The predicted octanol–water partition coefficient (Wildman–Crippen LogP) is 1.29. The topological polar surface area (TPSA) is 125 Å². The number of hydrogen-bond donors (Lipinski definition) is 5. The molecule has 5 rings (SSSR count). The number of fused-ring (bicyclic) bond motifs is 5. The lowest BCUT2D eigenvalue weighted by Crippen LogP contribution is -2.51. The van der Waals surface area contributed by atoms with Gasteiger partial charge in [0.25, 0.3) is 0 Å². The first-order valence-corrected chi connectivity index (χ1v) is 9.86. The van der Waals surface area contributed by atoms with Gasteiger partial charge in [-0.25, -0.2) is 9.37 Å². The van der Waals surface area contributed by atoms with Crippen molar-refractivity contribution in [2.75, 3.05) is 17.2 Å². The number of hydrogen-bond acceptors (Lipinski definition) is 7. The summed E-state index contributed by atoms with van der Waals surface area (Å²) in [6, 6.07) is 7.12. The molecule has 0 saturated heterocycles. The monoisotopic (exact) mass is 398 g/mol. The van der Waals surface area contributed by atoms with Crippen LogP contribution in [0.15, 0.2) is 30.5 Å². The molecule has 2 aromatic rings. The normalized spacial score (nSPS) is 32.8. The van der Waals surface area contributed by atoms with Crippen molar-refractivity contribution in [1.29, 1.82) is 0 Å². The zero-order valence-corrected chi connectivity index (χ0v) is 15.7. The third-order valence-electron chi connectivity index (χ3n) is 6.48. The fourth-order valence-electron chi connectivity index (χ4n) is 5.22. The highest BCUT2D eigenvalue weighted by atomic mass is 19.1. The summed E-state index contributed by atoms with van der Waals surface area (Å²) in [4.78, 5) is 20.4. The van der Waals surface area contributed by atoms with Gasteiger partial charge < -0.3 is 26.8 Å². The van der Waals surface area contributed by atoms with Crippen LogP contribution < -0.4 is 21.7 Å². The van der Waals surface area contributed by atoms with E-state index in [1.165, 1.54) is 0 Å². The van der Waals surface area contributed by atoms with Crippen molar-refractivity contribution < 1.29 is 14.3 Å². The van der Waals surface area contributed by atoms with Crippen LogP contribution in [0.4, 0.5) is 21.8 Å². The molecule has 1 amide bonds. The number of nitrogens with two attached hydrogens (primary N) is 1. The predicted molar refractivity (Wildman–Crippen MR) is 105 cm³/mol. The van der Waals surface area contributed by atoms with Gasteiger partial charge in [-0.05, 0) is 42.4 Å². The number of anilines is 3. The van der Waals surface area contributed by atoms with E-state index in [9.17, 15) is 14.3 Å². The first kappa shape index (κ1) is 18.3. The van der Waals surface area contributed by atoms with Crippen LogP contribution in [0.25, 0.3) is 0 Å². The smallest absolute Gasteiger partial charge is 0.229 e. The van der Waals surface area contributed by atoms with Crippen LogP contribution in [0.5, 0.6) is 0 Å². The van der Waals surface area contributed by atoms with Crippen molar-refractivity contribution in [2.24, 2.45) is 23.5 Å². The van der Waals surface area contributed by atoms with Crippen molar-refractivity contribution in [3.8, 4) is 0 Å². The highest BCUT2D eigenvalue weighted by Crippen LogP contribution is 2.49. The number of rotatable bonds is 1. The number of amides is 1. The molecule has 6 N–H and O–H groups in total. The van der Waals surface area contributed by atoms with E-state index in [2.05, 4.69) is 25.9 Å². The van der Waals surface area contributed by atoms with Gasteiger partial charge in [0.1, 0.15) is 0 Å². The number of carbonyl (C=O) groups excluding carboxylic acids is 1. The maximum atomic E-state index is 14.5. The number of aliphatic hydroxyl groups is 1. The Balaban J connectivity index is 1.56. The van der Waals surface area contributed by atoms with Crippen LogP contribution in [0.3, 0.4) is 0 Å². The Morgan fingerprint density at radius 2 is 2.17 bits per heavy atom. The van der Waals surface area contributed by atoms with E-state index in [1.807, 2.05) is 24.3 Å². The van der Waals surface area contributed by atoms with Crippen LogP contribution >= 0.6 is 0 Å². The van der Waals surface area contributed by atoms with Gasteiger partial charge in [-0.1, -0.05) is 12.1 Å². The third kappa shape index (κ3) is 3.20. The largest absolute Gasteiger partial charge is 0.387 e. The molecule has 0 radical (unpaired) electrons. The number of nitrogens with one attached hydrogen (secondary N) is 3. The lowest BCUT2D eigenvalue weighted by molar-refractivity contribution is -0.123. The first-order chi connectivity index (χ1) is 14.0. The van der Waals surface area contributed by atoms with E-state index in [1.54, 1.807) is 0 Å². The third-order valence-corrected chi connectivity index (χ3v) is 6.48. The van der Waals surface area contributed by atoms with Crippen LogP contribution in [0.2, 0.25) is 0 Å². The molecule has 1 aliphatic heterocycles. The van der Waals surface area contributed by atoms with Crippen LogP contribution in [0.1, 0.15) is 24.5 Å². The summed E-state index contributed by atoms with van der Waals surface area (Å²) in [7, 11) is 0. The Kier molecular flexibility index (Phi) is 4.36. The molecule has 2 saturated carbocycles. The van der Waals surface area contributed by atoms with Gasteiger partial charge in [0.15, 0.2) is 11.6 Å². The maximum Gasteiger partial charge on any atom is 0.229 e. The molecule has 1 unspecified atom stereocenters. The van der Waals surface area contributed by atoms with Crippen molar-refractivity contribution >= 4 is 23.4 Å². The number of halogens is 1. The van der Waals surface area contributed by atoms with Crippen LogP contribution in [-0.4, -0.2) is 39.6 Å². The van der Waals surface area contributed by atoms with E-state index in [4.69, 9.17) is 5.73 Å². The molecule has 8 nitrogen and oxygen atoms in total. The van der Waals surface area contributed by atoms with Gasteiger partial charge in [-0.15, -0.1) is 0 Å². The molecular formula is C20H23FN6O2. The van der Waals surface area contributed by atoms with Crippen LogP contribution in [-0.2, 0) is 4.79 Å². The van der Waals surface area contributed by atoms with Crippen molar-refractivity contribution in [3.05, 3.63) is 41.8 Å². The summed E-state index contributed by atoms with van der Waals surface area (Å²) < 4.78 is 14.5. The molecule has 2 heterocycles. The molecule has 9 heteroatoms. The lowest BCUT2D eigenvalue weighted by Gasteiger charge is -2.36. The zero-order valence-electron chi connectivity index (χ0n) is 15.7. The van der Waals surface area contributed by atoms with Gasteiger partial charge in [0, 0.05) is 24.3 Å². The number of aliphatic hydroxyl groups excluding tert-OH is 1. The Morgan fingerprint density at radius 1 is 1.31 bits per heavy atom. The molecule has 29 heavy (non-hydrogen) atoms. The molecule has 6 bridgehead atoms. The number of nitrogens with zero attached hydrogens (tertiary/aromatic N) is 2. The second-order valence-corrected chi connectivity index (χ2v) is 8.16. The first-order valence-electron chi connectivity index (χ1n) is 9.86. The van der Waals surface area contributed by atoms with Crippen molar-refractivity contribution in [1.82, 2.24) is 15.3 Å². The number of primary amides is 1. The molecule has 1 aromatic carbocycles. The maximum absolute atomic E-state index is 14.5. The summed E-state index contributed by atoms with van der Waals surface area (Å²) in [5.74, 6) is -0.841. The van der Waals surface area contributed by atoms with Gasteiger partial charge in [-0.2, -0.15) is 4.98 Å². The number of carbonyl (C=O) groups is 1. The second kappa shape index (κ2) is 6.93. The molecular weight excluding hydrogens is 375 g/mol. The van der Waals surface area contributed by atoms with E-state index in [0.717, 1.165) is 24.6 Å². The molecule has 2 aliphatic carbocycles. The number of aromatic nitrogens is 2. The average molecular weight is 398 g/mol. The quantitative estimate of drug-likeness (QED) is 0.490. The summed E-state index contributed by atoms with van der Waals surface area (Å²) in [5, 5.41) is 20.3. The average Bonchev–Trinajstić information content (AvgIpc) is 3.26. The summed E-state index contributed by atoms with van der Waals surface area (Å²) in [6.45, 7) is 0.390. The molecule has 3 aliphatic rings. The molecule has 1 aromatic heterocycles. The standard InChI is InChI=1S/C20H23FN6O2/c21-13-7-24-20-25-11-3-1-2-9(4-11)15(28)8-23-14-6-10-5-12(14)17(16(10)18(22)29)26-19(13)27-20/h1-4,7,10,12,14-17,23,28H,5-6,8H2,(H2,22,29)(H2,24,25,26,27)/t10-,12-,14-,15?,16+,17-/m1/s1. The fraction of sp³-hybridized carbons (Fsp3) is 0.450. The van der Waals surface area contributed by atoms with Gasteiger partial charge >= 0.3 is 0 Å². The second-order valence-electron chi connectivity index (χ2n) is 8.16. The van der Waals surface area contributed by atoms with Crippen molar-refractivity contribution in [2.45, 2.75) is 31.0 Å². The number of β-amino-alcohol motifs (C(OH)–C–C–N with tert-alkyl or cyclic N) is 1. The Bertz CT molecular complexity index is 956. The zero-order chi connectivity index (χ0) is 20.1. The minimum atomic E-state index is -0.679. The Morgan fingerprint density at radius 3 is 3.00 bits per heavy atom. The lowest BCUT2D eigenvalue weighted by atomic mass is 9.81. The molecule has 2 fully saturated rings. The van der Waals surface area contributed by atoms with E-state index >= 15 is 0 Å². The molecule has 0 spiro atoms. The molecule has 152 valence electrons. The van der Waals surface area contributed by atoms with Crippen LogP contribution in [0, 0.1) is 23.6 Å². The van der Waals surface area contributed by atoms with E-state index in [-0.39, 0.29) is 47.5 Å². The highest BCUT2D eigenvalue weighted by Gasteiger charge is 2.55. The van der Waals surface area contributed by atoms with Crippen molar-refractivity contribution in [3.63, 3.8) is 0 Å². The SMILES string of the molecule is NC(=O)[C@H]1[C@@H]2C[C@H]3[C@H]1Nc1nc(ncc1F)Nc1cccc(c1)C(O)CN[C@@H]3C2. The highest BCUT2D eigenvalue weighted by molar-refractivity contribution is 5.79. The minimum absolute atomic E-state index is 0.0540. The summed E-state index contributed by atoms with van der Waals surface area (Å²) in [6.07, 6.45) is 2.06. The minimum Gasteiger partial charge on any atom is -0.387 e. The van der Waals surface area contributed by atoms with Gasteiger partial charge in [0.2, 0.25) is 11.9 Å². The van der Waals surface area contributed by atoms with Gasteiger partial charge in [-0.3, -0.25) is 4.79 Å². The summed E-state index contributed by atoms with van der Waals surface area (Å²) >= 11 is 0. The summed E-state index contributed by atoms with van der Waals surface area (Å²) in [5.41, 5.74) is 7.13.